The van der Waals surface area contributed by atoms with Gasteiger partial charge in [0, 0.05) is 26.1 Å². The Balaban J connectivity index is 2.06. The Kier molecular flexibility index (Phi) is 3.50. The van der Waals surface area contributed by atoms with E-state index >= 15 is 0 Å². The minimum absolute atomic E-state index is 0.436. The molecule has 0 radical (unpaired) electrons. The fraction of sp³-hybridized carbons (Fsp3) is 0.692. The zero-order valence-electron chi connectivity index (χ0n) is 11.4. The number of fused-ring (bicyclic) bond motifs is 1. The lowest BCUT2D eigenvalue weighted by molar-refractivity contribution is 0.182. The van der Waals surface area contributed by atoms with E-state index in [0.29, 0.717) is 11.8 Å². The van der Waals surface area contributed by atoms with Crippen molar-refractivity contribution in [1.82, 2.24) is 19.3 Å². The SMILES string of the molecule is CCc1nn(C)c2c1nc(CCl)n2CC1CCOC1. The van der Waals surface area contributed by atoms with Gasteiger partial charge in [0.1, 0.15) is 11.3 Å². The molecule has 0 N–H and O–H groups in total. The molecule has 104 valence electrons. The Bertz CT molecular complexity index is 583. The van der Waals surface area contributed by atoms with Gasteiger partial charge in [0.2, 0.25) is 0 Å². The Morgan fingerprint density at radius 1 is 1.47 bits per heavy atom. The molecule has 0 aromatic carbocycles. The summed E-state index contributed by atoms with van der Waals surface area (Å²) < 4.78 is 9.60. The van der Waals surface area contributed by atoms with Crippen LogP contribution >= 0.6 is 11.6 Å². The van der Waals surface area contributed by atoms with Crippen LogP contribution in [0.25, 0.3) is 11.2 Å². The van der Waals surface area contributed by atoms with Crippen LogP contribution in [0.4, 0.5) is 0 Å². The Hall–Kier alpha value is -1.07. The van der Waals surface area contributed by atoms with Gasteiger partial charge in [-0.25, -0.2) is 4.98 Å². The van der Waals surface area contributed by atoms with Crippen LogP contribution in [0.15, 0.2) is 0 Å². The fourth-order valence-electron chi connectivity index (χ4n) is 2.80. The van der Waals surface area contributed by atoms with E-state index in [2.05, 4.69) is 21.6 Å². The van der Waals surface area contributed by atoms with Crippen LogP contribution in [0.2, 0.25) is 0 Å². The number of imidazole rings is 1. The summed E-state index contributed by atoms with van der Waals surface area (Å²) in [5, 5.41) is 4.54. The third-order valence-corrected chi connectivity index (χ3v) is 4.03. The van der Waals surface area contributed by atoms with Crippen LogP contribution in [0.1, 0.15) is 24.9 Å². The van der Waals surface area contributed by atoms with Gasteiger partial charge in [0.25, 0.3) is 0 Å². The highest BCUT2D eigenvalue weighted by molar-refractivity contribution is 6.16. The number of rotatable bonds is 4. The summed E-state index contributed by atoms with van der Waals surface area (Å²) in [4.78, 5) is 4.67. The lowest BCUT2D eigenvalue weighted by Crippen LogP contribution is -2.14. The van der Waals surface area contributed by atoms with E-state index in [-0.39, 0.29) is 0 Å². The third kappa shape index (κ3) is 2.15. The summed E-state index contributed by atoms with van der Waals surface area (Å²) in [5.74, 6) is 1.93. The summed E-state index contributed by atoms with van der Waals surface area (Å²) in [5.41, 5.74) is 3.13. The summed E-state index contributed by atoms with van der Waals surface area (Å²) in [6.07, 6.45) is 2.00. The number of halogens is 1. The number of aryl methyl sites for hydroxylation is 2. The molecule has 6 heteroatoms. The van der Waals surface area contributed by atoms with Gasteiger partial charge in [-0.05, 0) is 12.8 Å². The minimum Gasteiger partial charge on any atom is -0.381 e. The van der Waals surface area contributed by atoms with Gasteiger partial charge in [-0.15, -0.1) is 11.6 Å². The van der Waals surface area contributed by atoms with Crippen LogP contribution < -0.4 is 0 Å². The second kappa shape index (κ2) is 5.13. The lowest BCUT2D eigenvalue weighted by Gasteiger charge is -2.12. The number of ether oxygens (including phenoxy) is 1. The van der Waals surface area contributed by atoms with Crippen molar-refractivity contribution in [2.75, 3.05) is 13.2 Å². The van der Waals surface area contributed by atoms with Gasteiger partial charge in [-0.3, -0.25) is 4.68 Å². The van der Waals surface area contributed by atoms with Crippen LogP contribution in [-0.4, -0.2) is 32.5 Å². The van der Waals surface area contributed by atoms with Crippen molar-refractivity contribution >= 4 is 22.8 Å². The lowest BCUT2D eigenvalue weighted by atomic mass is 10.1. The van der Waals surface area contributed by atoms with Crippen LogP contribution in [0, 0.1) is 5.92 Å². The second-order valence-electron chi connectivity index (χ2n) is 5.10. The number of hydrogen-bond acceptors (Lipinski definition) is 3. The van der Waals surface area contributed by atoms with Gasteiger partial charge < -0.3 is 9.30 Å². The third-order valence-electron chi connectivity index (χ3n) is 3.79. The van der Waals surface area contributed by atoms with E-state index in [9.17, 15) is 0 Å². The topological polar surface area (TPSA) is 44.9 Å². The minimum atomic E-state index is 0.436. The molecule has 1 unspecified atom stereocenters. The predicted octanol–water partition coefficient (Wildman–Crippen LogP) is 2.11. The van der Waals surface area contributed by atoms with Gasteiger partial charge in [-0.1, -0.05) is 6.92 Å². The van der Waals surface area contributed by atoms with Crippen molar-refractivity contribution < 1.29 is 4.74 Å². The predicted molar refractivity (Wildman–Crippen MR) is 74.4 cm³/mol. The first-order valence-electron chi connectivity index (χ1n) is 6.79. The molecule has 1 saturated heterocycles. The molecular weight excluding hydrogens is 264 g/mol. The van der Waals surface area contributed by atoms with E-state index in [1.54, 1.807) is 0 Å². The highest BCUT2D eigenvalue weighted by Crippen LogP contribution is 2.24. The van der Waals surface area contributed by atoms with Crippen LogP contribution in [0.3, 0.4) is 0 Å². The Labute approximate surface area is 117 Å². The van der Waals surface area contributed by atoms with Crippen molar-refractivity contribution in [3.63, 3.8) is 0 Å². The van der Waals surface area contributed by atoms with Crippen molar-refractivity contribution in [2.24, 2.45) is 13.0 Å². The van der Waals surface area contributed by atoms with Crippen molar-refractivity contribution in [1.29, 1.82) is 0 Å². The van der Waals surface area contributed by atoms with Crippen molar-refractivity contribution in [2.45, 2.75) is 32.2 Å². The van der Waals surface area contributed by atoms with Crippen LogP contribution in [0.5, 0.6) is 0 Å². The van der Waals surface area contributed by atoms with E-state index in [1.165, 1.54) is 0 Å². The standard InChI is InChI=1S/C13H19ClN4O/c1-3-10-12-13(17(2)16-10)18(11(6-14)15-12)7-9-4-5-19-8-9/h9H,3-8H2,1-2H3. The molecule has 0 spiro atoms. The van der Waals surface area contributed by atoms with E-state index in [1.807, 2.05) is 11.7 Å². The molecule has 1 aliphatic rings. The highest BCUT2D eigenvalue weighted by atomic mass is 35.5. The number of hydrogen-bond donors (Lipinski definition) is 0. The molecule has 5 nitrogen and oxygen atoms in total. The van der Waals surface area contributed by atoms with E-state index in [4.69, 9.17) is 16.3 Å². The zero-order valence-corrected chi connectivity index (χ0v) is 12.2. The summed E-state index contributed by atoms with van der Waals surface area (Å²) in [6, 6.07) is 0. The van der Waals surface area contributed by atoms with Gasteiger partial charge in [-0.2, -0.15) is 5.10 Å². The highest BCUT2D eigenvalue weighted by Gasteiger charge is 2.22. The normalized spacial score (nSPS) is 19.6. The maximum atomic E-state index is 6.05. The summed E-state index contributed by atoms with van der Waals surface area (Å²) >= 11 is 6.05. The van der Waals surface area contributed by atoms with E-state index < -0.39 is 0 Å². The molecule has 1 fully saturated rings. The van der Waals surface area contributed by atoms with Crippen molar-refractivity contribution in [3.8, 4) is 0 Å². The monoisotopic (exact) mass is 282 g/mol. The molecule has 0 aliphatic carbocycles. The molecule has 2 aromatic heterocycles. The van der Waals surface area contributed by atoms with Crippen molar-refractivity contribution in [3.05, 3.63) is 11.5 Å². The van der Waals surface area contributed by atoms with Crippen LogP contribution in [-0.2, 0) is 30.6 Å². The quantitative estimate of drug-likeness (QED) is 0.807. The largest absolute Gasteiger partial charge is 0.381 e. The first-order valence-corrected chi connectivity index (χ1v) is 7.32. The molecule has 3 heterocycles. The molecule has 0 bridgehead atoms. The van der Waals surface area contributed by atoms with E-state index in [0.717, 1.165) is 55.3 Å². The Morgan fingerprint density at radius 2 is 2.32 bits per heavy atom. The molecular formula is C13H19ClN4O. The number of aromatic nitrogens is 4. The van der Waals surface area contributed by atoms with Gasteiger partial charge >= 0.3 is 0 Å². The maximum absolute atomic E-state index is 6.05. The molecule has 19 heavy (non-hydrogen) atoms. The molecule has 3 rings (SSSR count). The summed E-state index contributed by atoms with van der Waals surface area (Å²) in [6.45, 7) is 4.72. The average Bonchev–Trinajstić information content (AvgIpc) is 3.09. The smallest absolute Gasteiger partial charge is 0.158 e. The average molecular weight is 283 g/mol. The molecule has 1 atom stereocenters. The van der Waals surface area contributed by atoms with Gasteiger partial charge in [0.15, 0.2) is 5.65 Å². The number of alkyl halides is 1. The zero-order chi connectivity index (χ0) is 13.4. The van der Waals surface area contributed by atoms with Gasteiger partial charge in [0.05, 0.1) is 18.2 Å². The molecule has 0 amide bonds. The molecule has 0 saturated carbocycles. The molecule has 1 aliphatic heterocycles. The summed E-state index contributed by atoms with van der Waals surface area (Å²) in [7, 11) is 1.98. The second-order valence-corrected chi connectivity index (χ2v) is 5.37. The number of nitrogens with zero attached hydrogens (tertiary/aromatic N) is 4. The first kappa shape index (κ1) is 12.9. The fourth-order valence-corrected chi connectivity index (χ4v) is 3.01. The Morgan fingerprint density at radius 3 is 2.95 bits per heavy atom. The first-order chi connectivity index (χ1) is 9.24. The molecule has 2 aromatic rings. The maximum Gasteiger partial charge on any atom is 0.158 e.